The zero-order valence-corrected chi connectivity index (χ0v) is 10.6. The van der Waals surface area contributed by atoms with Gasteiger partial charge in [0.1, 0.15) is 5.75 Å². The molecule has 2 N–H and O–H groups in total. The van der Waals surface area contributed by atoms with Gasteiger partial charge in [0, 0.05) is 13.1 Å². The predicted molar refractivity (Wildman–Crippen MR) is 68.4 cm³/mol. The zero-order chi connectivity index (χ0) is 13.2. The van der Waals surface area contributed by atoms with Gasteiger partial charge in [-0.1, -0.05) is 12.1 Å². The number of aliphatic carboxylic acids is 1. The Morgan fingerprint density at radius 1 is 1.50 bits per heavy atom. The molecular formula is C14H19NO3. The fraction of sp³-hybridized carbons (Fsp3) is 0.500. The predicted octanol–water partition coefficient (Wildman–Crippen LogP) is 2.08. The van der Waals surface area contributed by atoms with Crippen LogP contribution < -0.4 is 0 Å². The fourth-order valence-corrected chi connectivity index (χ4v) is 2.57. The SMILES string of the molecule is CC1(C(=O)O)CCCN(Cc2cccc(O)c2)C1. The number of rotatable bonds is 3. The molecular weight excluding hydrogens is 230 g/mol. The molecule has 4 heteroatoms. The number of piperidine rings is 1. The number of hydrogen-bond donors (Lipinski definition) is 2. The molecule has 1 aromatic rings. The third-order valence-electron chi connectivity index (χ3n) is 3.61. The van der Waals surface area contributed by atoms with E-state index in [2.05, 4.69) is 4.90 Å². The number of likely N-dealkylation sites (tertiary alicyclic amines) is 1. The quantitative estimate of drug-likeness (QED) is 0.861. The highest BCUT2D eigenvalue weighted by molar-refractivity contribution is 5.74. The summed E-state index contributed by atoms with van der Waals surface area (Å²) in [6.07, 6.45) is 1.64. The van der Waals surface area contributed by atoms with Crippen LogP contribution in [0.3, 0.4) is 0 Å². The normalized spacial score (nSPS) is 24.9. The second-order valence-electron chi connectivity index (χ2n) is 5.35. The van der Waals surface area contributed by atoms with E-state index in [1.165, 1.54) is 0 Å². The van der Waals surface area contributed by atoms with Gasteiger partial charge in [-0.05, 0) is 44.0 Å². The number of benzene rings is 1. The van der Waals surface area contributed by atoms with Crippen LogP contribution in [0.15, 0.2) is 24.3 Å². The van der Waals surface area contributed by atoms with Crippen LogP contribution in [0.1, 0.15) is 25.3 Å². The Balaban J connectivity index is 2.04. The number of aromatic hydroxyl groups is 1. The van der Waals surface area contributed by atoms with Crippen LogP contribution in [0.4, 0.5) is 0 Å². The molecule has 1 atom stereocenters. The molecule has 1 aromatic carbocycles. The third kappa shape index (κ3) is 2.82. The Morgan fingerprint density at radius 2 is 2.28 bits per heavy atom. The number of carboxylic acid groups (broad SMARTS) is 1. The van der Waals surface area contributed by atoms with Gasteiger partial charge >= 0.3 is 5.97 Å². The summed E-state index contributed by atoms with van der Waals surface area (Å²) in [6.45, 7) is 3.98. The van der Waals surface area contributed by atoms with Crippen molar-refractivity contribution in [2.24, 2.45) is 5.41 Å². The van der Waals surface area contributed by atoms with Crippen molar-refractivity contribution in [2.45, 2.75) is 26.3 Å². The lowest BCUT2D eigenvalue weighted by Gasteiger charge is -2.37. The Morgan fingerprint density at radius 3 is 2.94 bits per heavy atom. The minimum Gasteiger partial charge on any atom is -0.508 e. The summed E-state index contributed by atoms with van der Waals surface area (Å²) in [4.78, 5) is 13.4. The van der Waals surface area contributed by atoms with Gasteiger partial charge in [0.2, 0.25) is 0 Å². The molecule has 2 rings (SSSR count). The standard InChI is InChI=1S/C14H19NO3/c1-14(13(17)18)6-3-7-15(10-14)9-11-4-2-5-12(16)8-11/h2,4-5,8,16H,3,6-7,9-10H2,1H3,(H,17,18). The lowest BCUT2D eigenvalue weighted by molar-refractivity contribution is -0.151. The van der Waals surface area contributed by atoms with Crippen LogP contribution in [0.5, 0.6) is 5.75 Å². The van der Waals surface area contributed by atoms with Gasteiger partial charge in [-0.3, -0.25) is 9.69 Å². The molecule has 0 bridgehead atoms. The summed E-state index contributed by atoms with van der Waals surface area (Å²) < 4.78 is 0. The molecule has 1 heterocycles. The number of phenols is 1. The van der Waals surface area contributed by atoms with Gasteiger partial charge in [-0.15, -0.1) is 0 Å². The molecule has 0 radical (unpaired) electrons. The van der Waals surface area contributed by atoms with Crippen LogP contribution in [0.2, 0.25) is 0 Å². The molecule has 0 aromatic heterocycles. The van der Waals surface area contributed by atoms with E-state index in [-0.39, 0.29) is 5.75 Å². The summed E-state index contributed by atoms with van der Waals surface area (Å²) in [5.41, 5.74) is 0.374. The van der Waals surface area contributed by atoms with E-state index in [9.17, 15) is 15.0 Å². The largest absolute Gasteiger partial charge is 0.508 e. The molecule has 0 amide bonds. The van der Waals surface area contributed by atoms with Crippen molar-refractivity contribution in [3.63, 3.8) is 0 Å². The van der Waals surface area contributed by atoms with Crippen LogP contribution in [0.25, 0.3) is 0 Å². The maximum atomic E-state index is 11.3. The molecule has 1 aliphatic heterocycles. The number of carbonyl (C=O) groups is 1. The zero-order valence-electron chi connectivity index (χ0n) is 10.6. The summed E-state index contributed by atoms with van der Waals surface area (Å²) >= 11 is 0. The van der Waals surface area contributed by atoms with Gasteiger partial charge < -0.3 is 10.2 Å². The monoisotopic (exact) mass is 249 g/mol. The van der Waals surface area contributed by atoms with E-state index in [0.717, 1.165) is 24.9 Å². The molecule has 1 unspecified atom stereocenters. The molecule has 18 heavy (non-hydrogen) atoms. The average Bonchev–Trinajstić information content (AvgIpc) is 2.29. The van der Waals surface area contributed by atoms with Crippen molar-refractivity contribution in [3.05, 3.63) is 29.8 Å². The summed E-state index contributed by atoms with van der Waals surface area (Å²) in [5.74, 6) is -0.464. The number of carboxylic acids is 1. The number of phenolic OH excluding ortho intramolecular Hbond substituents is 1. The summed E-state index contributed by atoms with van der Waals surface area (Å²) in [6, 6.07) is 7.13. The molecule has 98 valence electrons. The fourth-order valence-electron chi connectivity index (χ4n) is 2.57. The highest BCUT2D eigenvalue weighted by Crippen LogP contribution is 2.30. The van der Waals surface area contributed by atoms with E-state index in [4.69, 9.17) is 0 Å². The van der Waals surface area contributed by atoms with Gasteiger partial charge in [0.05, 0.1) is 5.41 Å². The van der Waals surface area contributed by atoms with Gasteiger partial charge in [-0.25, -0.2) is 0 Å². The highest BCUT2D eigenvalue weighted by Gasteiger charge is 2.37. The molecule has 1 saturated heterocycles. The molecule has 0 saturated carbocycles. The summed E-state index contributed by atoms with van der Waals surface area (Å²) in [5, 5.41) is 18.7. The number of nitrogens with zero attached hydrogens (tertiary/aromatic N) is 1. The average molecular weight is 249 g/mol. The maximum absolute atomic E-state index is 11.3. The lowest BCUT2D eigenvalue weighted by atomic mass is 9.82. The molecule has 1 aliphatic rings. The van der Waals surface area contributed by atoms with Crippen molar-refractivity contribution in [1.82, 2.24) is 4.90 Å². The van der Waals surface area contributed by atoms with E-state index >= 15 is 0 Å². The minimum absolute atomic E-state index is 0.255. The Hall–Kier alpha value is -1.55. The molecule has 0 spiro atoms. The topological polar surface area (TPSA) is 60.8 Å². The lowest BCUT2D eigenvalue weighted by Crippen LogP contribution is -2.45. The first-order valence-corrected chi connectivity index (χ1v) is 6.23. The van der Waals surface area contributed by atoms with Gasteiger partial charge in [-0.2, -0.15) is 0 Å². The molecule has 4 nitrogen and oxygen atoms in total. The van der Waals surface area contributed by atoms with Crippen molar-refractivity contribution < 1.29 is 15.0 Å². The van der Waals surface area contributed by atoms with Crippen molar-refractivity contribution in [1.29, 1.82) is 0 Å². The van der Waals surface area contributed by atoms with Crippen LogP contribution in [0, 0.1) is 5.41 Å². The first kappa shape index (κ1) is 12.9. The van der Waals surface area contributed by atoms with Crippen molar-refractivity contribution in [2.75, 3.05) is 13.1 Å². The minimum atomic E-state index is -0.719. The van der Waals surface area contributed by atoms with Crippen molar-refractivity contribution >= 4 is 5.97 Å². The Labute approximate surface area is 107 Å². The van der Waals surface area contributed by atoms with Crippen LogP contribution in [-0.2, 0) is 11.3 Å². The van der Waals surface area contributed by atoms with Crippen LogP contribution >= 0.6 is 0 Å². The highest BCUT2D eigenvalue weighted by atomic mass is 16.4. The number of hydrogen-bond acceptors (Lipinski definition) is 3. The molecule has 0 aliphatic carbocycles. The Kier molecular flexibility index (Phi) is 3.57. The maximum Gasteiger partial charge on any atom is 0.310 e. The smallest absolute Gasteiger partial charge is 0.310 e. The second kappa shape index (κ2) is 4.98. The van der Waals surface area contributed by atoms with Gasteiger partial charge in [0.15, 0.2) is 0 Å². The van der Waals surface area contributed by atoms with E-state index in [0.29, 0.717) is 13.1 Å². The van der Waals surface area contributed by atoms with Gasteiger partial charge in [0.25, 0.3) is 0 Å². The van der Waals surface area contributed by atoms with Crippen molar-refractivity contribution in [3.8, 4) is 5.75 Å². The molecule has 1 fully saturated rings. The second-order valence-corrected chi connectivity index (χ2v) is 5.35. The Bertz CT molecular complexity index is 446. The van der Waals surface area contributed by atoms with E-state index in [1.54, 1.807) is 12.1 Å². The van der Waals surface area contributed by atoms with Crippen LogP contribution in [-0.4, -0.2) is 34.2 Å². The first-order chi connectivity index (χ1) is 8.49. The van der Waals surface area contributed by atoms with E-state index < -0.39 is 11.4 Å². The summed E-state index contributed by atoms with van der Waals surface area (Å²) in [7, 11) is 0. The van der Waals surface area contributed by atoms with E-state index in [1.807, 2.05) is 19.1 Å². The first-order valence-electron chi connectivity index (χ1n) is 6.23. The third-order valence-corrected chi connectivity index (χ3v) is 3.61.